The number of hydrogen-bond donors (Lipinski definition) is 1. The second kappa shape index (κ2) is 6.05. The quantitative estimate of drug-likeness (QED) is 0.872. The molecule has 0 spiro atoms. The van der Waals surface area contributed by atoms with Crippen molar-refractivity contribution in [3.05, 3.63) is 63.9 Å². The van der Waals surface area contributed by atoms with Gasteiger partial charge in [0.1, 0.15) is 5.82 Å². The number of carbonyl (C=O) groups is 1. The van der Waals surface area contributed by atoms with Crippen LogP contribution in [0.4, 0.5) is 10.1 Å². The number of para-hydroxylation sites is 1. The normalized spacial score (nSPS) is 10.3. The second-order valence-electron chi connectivity index (χ2n) is 4.45. The van der Waals surface area contributed by atoms with Gasteiger partial charge in [-0.05, 0) is 23.8 Å². The molecule has 0 fully saturated rings. The fraction of sp³-hybridized carbons (Fsp3) is 0.133. The van der Waals surface area contributed by atoms with Crippen molar-refractivity contribution in [2.45, 2.75) is 6.54 Å². The molecule has 0 heterocycles. The molecule has 2 N–H and O–H groups in total. The molecule has 0 unspecified atom stereocenters. The van der Waals surface area contributed by atoms with Crippen molar-refractivity contribution < 1.29 is 9.18 Å². The first-order valence-corrected chi connectivity index (χ1v) is 6.83. The SMILES string of the molecule is CN(Cc1ccccc1Br)C(=O)c1cccc(F)c1N. The molecule has 20 heavy (non-hydrogen) atoms. The lowest BCUT2D eigenvalue weighted by Crippen LogP contribution is -2.27. The van der Waals surface area contributed by atoms with Crippen molar-refractivity contribution >= 4 is 27.5 Å². The molecule has 2 aromatic carbocycles. The van der Waals surface area contributed by atoms with Crippen LogP contribution in [0.2, 0.25) is 0 Å². The Morgan fingerprint density at radius 2 is 1.95 bits per heavy atom. The third kappa shape index (κ3) is 2.99. The first-order chi connectivity index (χ1) is 9.50. The fourth-order valence-electron chi connectivity index (χ4n) is 1.88. The first-order valence-electron chi connectivity index (χ1n) is 6.03. The molecule has 0 aliphatic carbocycles. The molecule has 3 nitrogen and oxygen atoms in total. The van der Waals surface area contributed by atoms with Gasteiger partial charge >= 0.3 is 0 Å². The fourth-order valence-corrected chi connectivity index (χ4v) is 2.29. The van der Waals surface area contributed by atoms with Crippen molar-refractivity contribution in [3.63, 3.8) is 0 Å². The Morgan fingerprint density at radius 1 is 1.25 bits per heavy atom. The van der Waals surface area contributed by atoms with Crippen LogP contribution in [-0.2, 0) is 6.54 Å². The summed E-state index contributed by atoms with van der Waals surface area (Å²) in [6.07, 6.45) is 0. The molecule has 2 aromatic rings. The molecule has 0 aromatic heterocycles. The van der Waals surface area contributed by atoms with Crippen LogP contribution < -0.4 is 5.73 Å². The minimum absolute atomic E-state index is 0.114. The zero-order valence-electron chi connectivity index (χ0n) is 10.9. The van der Waals surface area contributed by atoms with E-state index in [4.69, 9.17) is 5.73 Å². The van der Waals surface area contributed by atoms with Gasteiger partial charge in [-0.25, -0.2) is 4.39 Å². The molecule has 1 amide bonds. The first kappa shape index (κ1) is 14.5. The van der Waals surface area contributed by atoms with Crippen LogP contribution >= 0.6 is 15.9 Å². The van der Waals surface area contributed by atoms with E-state index >= 15 is 0 Å². The van der Waals surface area contributed by atoms with Gasteiger partial charge in [-0.3, -0.25) is 4.79 Å². The minimum Gasteiger partial charge on any atom is -0.396 e. The van der Waals surface area contributed by atoms with Crippen molar-refractivity contribution in [2.75, 3.05) is 12.8 Å². The standard InChI is InChI=1S/C15H14BrFN2O/c1-19(9-10-5-2-3-7-12(10)16)15(20)11-6-4-8-13(17)14(11)18/h2-8H,9,18H2,1H3. The summed E-state index contributed by atoms with van der Waals surface area (Å²) in [4.78, 5) is 13.8. The average molecular weight is 337 g/mol. The van der Waals surface area contributed by atoms with Crippen LogP contribution in [0.15, 0.2) is 46.9 Å². The highest BCUT2D eigenvalue weighted by molar-refractivity contribution is 9.10. The minimum atomic E-state index is -0.579. The maximum Gasteiger partial charge on any atom is 0.256 e. The van der Waals surface area contributed by atoms with Crippen LogP contribution in [0.1, 0.15) is 15.9 Å². The topological polar surface area (TPSA) is 46.3 Å². The van der Waals surface area contributed by atoms with Crippen LogP contribution in [0.25, 0.3) is 0 Å². The number of benzene rings is 2. The summed E-state index contributed by atoms with van der Waals surface area (Å²) in [5.74, 6) is -0.886. The molecular formula is C15H14BrFN2O. The number of amides is 1. The summed E-state index contributed by atoms with van der Waals surface area (Å²) >= 11 is 3.43. The predicted octanol–water partition coefficient (Wildman–Crippen LogP) is 3.44. The number of anilines is 1. The van der Waals surface area contributed by atoms with Crippen LogP contribution in [-0.4, -0.2) is 17.9 Å². The van der Waals surface area contributed by atoms with E-state index < -0.39 is 5.82 Å². The third-order valence-corrected chi connectivity index (χ3v) is 3.77. The van der Waals surface area contributed by atoms with E-state index in [1.807, 2.05) is 24.3 Å². The largest absolute Gasteiger partial charge is 0.396 e. The smallest absolute Gasteiger partial charge is 0.256 e. The number of rotatable bonds is 3. The molecule has 0 radical (unpaired) electrons. The predicted molar refractivity (Wildman–Crippen MR) is 80.8 cm³/mol. The Bertz CT molecular complexity index is 646. The van der Waals surface area contributed by atoms with Gasteiger partial charge in [0.15, 0.2) is 0 Å². The van der Waals surface area contributed by atoms with Gasteiger partial charge in [-0.2, -0.15) is 0 Å². The number of nitrogen functional groups attached to an aromatic ring is 1. The number of carbonyl (C=O) groups excluding carboxylic acids is 1. The zero-order valence-corrected chi connectivity index (χ0v) is 12.5. The molecule has 5 heteroatoms. The molecule has 0 atom stereocenters. The number of halogens is 2. The number of nitrogens with zero attached hydrogens (tertiary/aromatic N) is 1. The lowest BCUT2D eigenvalue weighted by molar-refractivity contribution is 0.0785. The van der Waals surface area contributed by atoms with Crippen LogP contribution in [0.5, 0.6) is 0 Å². The molecule has 0 aliphatic heterocycles. The van der Waals surface area contributed by atoms with Crippen LogP contribution in [0, 0.1) is 5.82 Å². The van der Waals surface area contributed by atoms with Gasteiger partial charge < -0.3 is 10.6 Å². The van der Waals surface area contributed by atoms with Gasteiger partial charge in [-0.1, -0.05) is 40.2 Å². The highest BCUT2D eigenvalue weighted by atomic mass is 79.9. The Hall–Kier alpha value is -1.88. The number of nitrogens with two attached hydrogens (primary N) is 1. The lowest BCUT2D eigenvalue weighted by atomic mass is 10.1. The van der Waals surface area contributed by atoms with Gasteiger partial charge in [0.25, 0.3) is 5.91 Å². The summed E-state index contributed by atoms with van der Waals surface area (Å²) in [5.41, 5.74) is 6.65. The summed E-state index contributed by atoms with van der Waals surface area (Å²) in [6, 6.07) is 11.9. The second-order valence-corrected chi connectivity index (χ2v) is 5.31. The molecule has 2 rings (SSSR count). The molecule has 0 bridgehead atoms. The zero-order chi connectivity index (χ0) is 14.7. The molecular weight excluding hydrogens is 323 g/mol. The van der Waals surface area contributed by atoms with Crippen molar-refractivity contribution in [1.29, 1.82) is 0 Å². The van der Waals surface area contributed by atoms with Crippen molar-refractivity contribution in [3.8, 4) is 0 Å². The summed E-state index contributed by atoms with van der Waals surface area (Å²) in [5, 5.41) is 0. The monoisotopic (exact) mass is 336 g/mol. The van der Waals surface area contributed by atoms with E-state index in [2.05, 4.69) is 15.9 Å². The maximum atomic E-state index is 13.4. The van der Waals surface area contributed by atoms with E-state index in [1.165, 1.54) is 23.1 Å². The van der Waals surface area contributed by atoms with Crippen molar-refractivity contribution in [2.24, 2.45) is 0 Å². The highest BCUT2D eigenvalue weighted by Crippen LogP contribution is 2.21. The lowest BCUT2D eigenvalue weighted by Gasteiger charge is -2.19. The number of hydrogen-bond acceptors (Lipinski definition) is 2. The van der Waals surface area contributed by atoms with Gasteiger partial charge in [0.05, 0.1) is 11.3 Å². The molecule has 104 valence electrons. The van der Waals surface area contributed by atoms with Crippen molar-refractivity contribution in [1.82, 2.24) is 4.90 Å². The van der Waals surface area contributed by atoms with E-state index in [9.17, 15) is 9.18 Å². The average Bonchev–Trinajstić information content (AvgIpc) is 2.43. The van der Waals surface area contributed by atoms with Gasteiger partial charge in [0, 0.05) is 18.1 Å². The van der Waals surface area contributed by atoms with Gasteiger partial charge in [0.2, 0.25) is 0 Å². The highest BCUT2D eigenvalue weighted by Gasteiger charge is 2.17. The summed E-state index contributed by atoms with van der Waals surface area (Å²) in [6.45, 7) is 0.413. The Balaban J connectivity index is 2.21. The van der Waals surface area contributed by atoms with E-state index in [0.29, 0.717) is 6.54 Å². The van der Waals surface area contributed by atoms with Crippen LogP contribution in [0.3, 0.4) is 0 Å². The Morgan fingerprint density at radius 3 is 2.65 bits per heavy atom. The Kier molecular flexibility index (Phi) is 4.39. The Labute approximate surface area is 125 Å². The van der Waals surface area contributed by atoms with E-state index in [0.717, 1.165) is 10.0 Å². The summed E-state index contributed by atoms with van der Waals surface area (Å²) < 4.78 is 14.3. The molecule has 0 saturated carbocycles. The van der Waals surface area contributed by atoms with Gasteiger partial charge in [-0.15, -0.1) is 0 Å². The van der Waals surface area contributed by atoms with E-state index in [-0.39, 0.29) is 17.2 Å². The summed E-state index contributed by atoms with van der Waals surface area (Å²) in [7, 11) is 1.66. The molecule has 0 saturated heterocycles. The third-order valence-electron chi connectivity index (χ3n) is 3.00. The maximum absolute atomic E-state index is 13.4. The van der Waals surface area contributed by atoms with E-state index in [1.54, 1.807) is 7.05 Å². The molecule has 0 aliphatic rings.